The predicted octanol–water partition coefficient (Wildman–Crippen LogP) is 15.1. The van der Waals surface area contributed by atoms with E-state index in [2.05, 4.69) is 81.5 Å². The van der Waals surface area contributed by atoms with Gasteiger partial charge in [-0.3, -0.25) is 23.4 Å². The lowest BCUT2D eigenvalue weighted by molar-refractivity contribution is -0.160. The van der Waals surface area contributed by atoms with E-state index < -0.39 is 57.8 Å². The van der Waals surface area contributed by atoms with Gasteiger partial charge in [-0.25, -0.2) is 4.57 Å². The lowest BCUT2D eigenvalue weighted by Gasteiger charge is -2.21. The molecule has 0 bridgehead atoms. The van der Waals surface area contributed by atoms with Crippen molar-refractivity contribution in [3.8, 4) is 0 Å². The van der Waals surface area contributed by atoms with E-state index in [9.17, 15) is 28.9 Å². The Morgan fingerprint density at radius 3 is 1.32 bits per heavy atom. The lowest BCUT2D eigenvalue weighted by Crippen LogP contribution is -2.30. The van der Waals surface area contributed by atoms with Crippen LogP contribution in [0.2, 0.25) is 0 Å². The van der Waals surface area contributed by atoms with Crippen molar-refractivity contribution in [3.05, 3.63) is 85.1 Å². The molecule has 0 saturated heterocycles. The molecule has 0 fully saturated rings. The molecule has 0 rings (SSSR count). The van der Waals surface area contributed by atoms with Gasteiger partial charge in [0.15, 0.2) is 6.10 Å². The number of aliphatic hydroxyl groups is 1. The Balaban J connectivity index is 4.83. The number of aliphatic hydroxyl groups excluding tert-OH is 1. The average Bonchev–Trinajstić information content (AvgIpc) is 3.32. The quantitative estimate of drug-likeness (QED) is 0.0197. The Bertz CT molecular complexity index is 1460. The summed E-state index contributed by atoms with van der Waals surface area (Å²) in [7, 11) is -4.77. The van der Waals surface area contributed by atoms with E-state index >= 15 is 0 Å². The van der Waals surface area contributed by atoms with Gasteiger partial charge < -0.3 is 24.2 Å². The molecule has 0 spiro atoms. The number of esters is 3. The highest BCUT2D eigenvalue weighted by Gasteiger charge is 2.28. The van der Waals surface area contributed by atoms with E-state index in [1.807, 2.05) is 18.2 Å². The molecule has 12 heteroatoms. The molecule has 3 atom stereocenters. The first-order chi connectivity index (χ1) is 33.2. The maximum Gasteiger partial charge on any atom is 0.472 e. The number of rotatable bonds is 48. The van der Waals surface area contributed by atoms with Crippen LogP contribution < -0.4 is 0 Å². The third-order valence-corrected chi connectivity index (χ3v) is 11.8. The molecule has 0 radical (unpaired) electrons. The molecular weight excluding hydrogens is 880 g/mol. The number of phosphoric ester groups is 1. The number of hydrogen-bond acceptors (Lipinski definition) is 10. The van der Waals surface area contributed by atoms with Crippen molar-refractivity contribution < 1.29 is 52.2 Å². The van der Waals surface area contributed by atoms with Gasteiger partial charge in [-0.15, -0.1) is 0 Å². The zero-order valence-corrected chi connectivity index (χ0v) is 43.7. The molecule has 68 heavy (non-hydrogen) atoms. The predicted molar refractivity (Wildman–Crippen MR) is 279 cm³/mol. The van der Waals surface area contributed by atoms with Gasteiger partial charge in [0.2, 0.25) is 0 Å². The largest absolute Gasteiger partial charge is 0.472 e. The third-order valence-electron chi connectivity index (χ3n) is 10.8. The van der Waals surface area contributed by atoms with Crippen molar-refractivity contribution in [2.24, 2.45) is 0 Å². The van der Waals surface area contributed by atoms with Crippen molar-refractivity contribution in [1.29, 1.82) is 0 Å². The van der Waals surface area contributed by atoms with Crippen molar-refractivity contribution >= 4 is 25.7 Å². The van der Waals surface area contributed by atoms with Crippen LogP contribution in [0.5, 0.6) is 0 Å². The number of hydrogen-bond donors (Lipinski definition) is 2. The van der Waals surface area contributed by atoms with Crippen LogP contribution >= 0.6 is 7.82 Å². The van der Waals surface area contributed by atoms with Crippen LogP contribution in [-0.4, -0.2) is 66.5 Å². The van der Waals surface area contributed by atoms with Gasteiger partial charge >= 0.3 is 25.7 Å². The van der Waals surface area contributed by atoms with Crippen LogP contribution in [0.15, 0.2) is 85.1 Å². The fourth-order valence-electron chi connectivity index (χ4n) is 6.76. The van der Waals surface area contributed by atoms with Gasteiger partial charge in [0.05, 0.1) is 26.2 Å². The summed E-state index contributed by atoms with van der Waals surface area (Å²) in [6.07, 6.45) is 55.8. The molecule has 0 aliphatic heterocycles. The Morgan fingerprint density at radius 1 is 0.441 bits per heavy atom. The Labute approximate surface area is 413 Å². The Hall–Kier alpha value is -3.34. The van der Waals surface area contributed by atoms with Gasteiger partial charge in [0.25, 0.3) is 0 Å². The van der Waals surface area contributed by atoms with Crippen molar-refractivity contribution in [3.63, 3.8) is 0 Å². The first-order valence-electron chi connectivity index (χ1n) is 26.5. The van der Waals surface area contributed by atoms with Crippen LogP contribution in [0.3, 0.4) is 0 Å². The fraction of sp³-hybridized carbons (Fsp3) is 0.696. The minimum Gasteiger partial charge on any atom is -0.462 e. The van der Waals surface area contributed by atoms with Crippen molar-refractivity contribution in [1.82, 2.24) is 0 Å². The smallest absolute Gasteiger partial charge is 0.462 e. The number of carbonyl (C=O) groups excluding carboxylic acids is 3. The molecule has 0 aromatic carbocycles. The first kappa shape index (κ1) is 64.7. The summed E-state index contributed by atoms with van der Waals surface area (Å²) < 4.78 is 39.2. The molecule has 0 aromatic rings. The first-order valence-corrected chi connectivity index (χ1v) is 28.0. The second kappa shape index (κ2) is 50.1. The molecule has 2 N–H and O–H groups in total. The van der Waals surface area contributed by atoms with E-state index in [-0.39, 0.29) is 25.9 Å². The highest BCUT2D eigenvalue weighted by atomic mass is 31.2. The topological polar surface area (TPSA) is 155 Å². The standard InChI is InChI=1S/C56H95O11P/c1-4-7-10-13-16-19-22-24-26-28-31-34-37-40-43-46-55(59)66-52(48-57)50-64-68(61,62)65-51-53(49-63-54(58)45-42-39-36-33-30-21-18-15-12-9-6-3)67-56(60)47-44-41-38-35-32-29-27-25-23-20-17-14-11-8-5-2/h8,11,15,17-18,20,24-27,32,35,41,44,52-53,57H,4-7,9-10,12-14,16,19,21-23,28-31,33-34,36-40,42-43,45-51H2,1-3H3,(H,61,62)/b11-8-,18-15-,20-17-,26-24-,27-25-,35-32-,44-41-. The van der Waals surface area contributed by atoms with Gasteiger partial charge in [-0.05, 0) is 89.9 Å². The highest BCUT2D eigenvalue weighted by Crippen LogP contribution is 2.43. The van der Waals surface area contributed by atoms with Gasteiger partial charge in [-0.2, -0.15) is 0 Å². The molecule has 3 unspecified atom stereocenters. The number of allylic oxidation sites excluding steroid dienone is 13. The van der Waals surface area contributed by atoms with Crippen LogP contribution in [0.1, 0.15) is 213 Å². The number of phosphoric acid groups is 1. The molecule has 0 amide bonds. The zero-order chi connectivity index (χ0) is 49.9. The molecule has 11 nitrogen and oxygen atoms in total. The van der Waals surface area contributed by atoms with E-state index in [1.165, 1.54) is 51.4 Å². The summed E-state index contributed by atoms with van der Waals surface area (Å²) in [6.45, 7) is 4.34. The number of carbonyl (C=O) groups is 3. The molecular formula is C56H95O11P. The summed E-state index contributed by atoms with van der Waals surface area (Å²) >= 11 is 0. The van der Waals surface area contributed by atoms with Crippen LogP contribution in [0, 0.1) is 0 Å². The SMILES string of the molecule is CC/C=C\C/C=C\C/C=C\C/C=C\C/C=C\CC(=O)OC(COC(=O)CCCCCCC/C=C\CCCC)COP(=O)(O)OCC(CO)OC(=O)CCCCCCC/C=C\CCCCCCCC. The van der Waals surface area contributed by atoms with Crippen molar-refractivity contribution in [2.75, 3.05) is 26.4 Å². The highest BCUT2D eigenvalue weighted by molar-refractivity contribution is 7.47. The number of unbranched alkanes of at least 4 members (excludes halogenated alkanes) is 18. The Kier molecular flexibility index (Phi) is 47.6. The van der Waals surface area contributed by atoms with E-state index in [0.717, 1.165) is 103 Å². The zero-order valence-electron chi connectivity index (χ0n) is 42.8. The van der Waals surface area contributed by atoms with Gasteiger partial charge in [0.1, 0.15) is 12.7 Å². The van der Waals surface area contributed by atoms with E-state index in [1.54, 1.807) is 6.08 Å². The molecule has 390 valence electrons. The van der Waals surface area contributed by atoms with Crippen LogP contribution in [-0.2, 0) is 42.2 Å². The fourth-order valence-corrected chi connectivity index (χ4v) is 7.54. The lowest BCUT2D eigenvalue weighted by atomic mass is 10.1. The normalized spacial score (nSPS) is 14.1. The van der Waals surface area contributed by atoms with Crippen LogP contribution in [0.25, 0.3) is 0 Å². The van der Waals surface area contributed by atoms with Crippen LogP contribution in [0.4, 0.5) is 0 Å². The van der Waals surface area contributed by atoms with E-state index in [4.69, 9.17) is 23.3 Å². The monoisotopic (exact) mass is 975 g/mol. The summed E-state index contributed by atoms with van der Waals surface area (Å²) in [5.74, 6) is -1.64. The van der Waals surface area contributed by atoms with Gasteiger partial charge in [-0.1, -0.05) is 189 Å². The maximum atomic E-state index is 12.8. The maximum absolute atomic E-state index is 12.8. The van der Waals surface area contributed by atoms with E-state index in [0.29, 0.717) is 19.3 Å². The third kappa shape index (κ3) is 47.7. The summed E-state index contributed by atoms with van der Waals surface area (Å²) in [5, 5.41) is 9.78. The molecule has 0 heterocycles. The van der Waals surface area contributed by atoms with Gasteiger partial charge in [0, 0.05) is 12.8 Å². The minimum absolute atomic E-state index is 0.0691. The van der Waals surface area contributed by atoms with Crippen molar-refractivity contribution in [2.45, 2.75) is 226 Å². The Morgan fingerprint density at radius 2 is 0.838 bits per heavy atom. The summed E-state index contributed by atoms with van der Waals surface area (Å²) in [5.41, 5.74) is 0. The number of ether oxygens (including phenoxy) is 3. The molecule has 0 saturated carbocycles. The minimum atomic E-state index is -4.77. The molecule has 0 aliphatic rings. The summed E-state index contributed by atoms with van der Waals surface area (Å²) in [4.78, 5) is 48.2. The average molecular weight is 975 g/mol. The second-order valence-electron chi connectivity index (χ2n) is 17.3. The molecule has 0 aliphatic carbocycles. The molecule has 0 aromatic heterocycles. The summed E-state index contributed by atoms with van der Waals surface area (Å²) in [6, 6.07) is 0. The second-order valence-corrected chi connectivity index (χ2v) is 18.8.